The molecule has 0 bridgehead atoms. The van der Waals surface area contributed by atoms with Crippen LogP contribution in [0.1, 0.15) is 20.8 Å². The highest BCUT2D eigenvalue weighted by Crippen LogP contribution is 2.27. The van der Waals surface area contributed by atoms with Gasteiger partial charge in [-0.15, -0.1) is 0 Å². The number of benzene rings is 1. The second-order valence-electron chi connectivity index (χ2n) is 4.23. The molecule has 0 aromatic heterocycles. The van der Waals surface area contributed by atoms with Crippen molar-refractivity contribution in [2.45, 2.75) is 26.8 Å². The van der Waals surface area contributed by atoms with Crippen molar-refractivity contribution < 1.29 is 0 Å². The van der Waals surface area contributed by atoms with Crippen molar-refractivity contribution in [3.63, 3.8) is 0 Å². The molecule has 0 aliphatic rings. The first-order chi connectivity index (χ1) is 8.08. The highest BCUT2D eigenvalue weighted by Gasteiger charge is 2.09. The lowest BCUT2D eigenvalue weighted by molar-refractivity contribution is 0.295. The summed E-state index contributed by atoms with van der Waals surface area (Å²) in [6, 6.07) is 6.01. The third-order valence-electron chi connectivity index (χ3n) is 2.88. The molecule has 96 valence electrons. The molecule has 0 radical (unpaired) electrons. The molecule has 0 heterocycles. The second-order valence-corrected chi connectivity index (χ2v) is 4.64. The Hall–Kier alpha value is -0.930. The molecule has 0 amide bonds. The molecular formula is C13H22ClN3. The number of nitrogens with two attached hydrogens (primary N) is 1. The molecule has 0 aliphatic heterocycles. The third-order valence-corrected chi connectivity index (χ3v) is 3.21. The van der Waals surface area contributed by atoms with Crippen LogP contribution in [-0.2, 0) is 0 Å². The number of nitrogens with one attached hydrogen (secondary N) is 1. The second kappa shape index (κ2) is 6.72. The Balaban J connectivity index is 2.61. The molecule has 0 spiro atoms. The quantitative estimate of drug-likeness (QED) is 0.768. The maximum Gasteiger partial charge on any atom is 0.0739 e. The Morgan fingerprint density at radius 1 is 1.35 bits per heavy atom. The molecule has 1 aromatic carbocycles. The standard InChI is InChI=1S/C13H22ClN3/c1-4-17(5-2)9-10(3)16-12-8-6-7-11(14)13(12)15/h6-8,10,16H,4-5,9,15H2,1-3H3. The van der Waals surface area contributed by atoms with Gasteiger partial charge in [0.25, 0.3) is 0 Å². The van der Waals surface area contributed by atoms with Gasteiger partial charge < -0.3 is 16.0 Å². The van der Waals surface area contributed by atoms with Gasteiger partial charge in [-0.1, -0.05) is 31.5 Å². The minimum absolute atomic E-state index is 0.343. The first-order valence-electron chi connectivity index (χ1n) is 6.11. The molecule has 0 saturated carbocycles. The summed E-state index contributed by atoms with van der Waals surface area (Å²) in [5.41, 5.74) is 7.46. The summed E-state index contributed by atoms with van der Waals surface area (Å²) in [7, 11) is 0. The minimum Gasteiger partial charge on any atom is -0.396 e. The van der Waals surface area contributed by atoms with Crippen LogP contribution in [-0.4, -0.2) is 30.6 Å². The molecule has 1 aromatic rings. The number of halogens is 1. The smallest absolute Gasteiger partial charge is 0.0739 e. The van der Waals surface area contributed by atoms with E-state index < -0.39 is 0 Å². The molecule has 3 nitrogen and oxygen atoms in total. The fourth-order valence-electron chi connectivity index (χ4n) is 1.84. The van der Waals surface area contributed by atoms with Crippen LogP contribution in [0.5, 0.6) is 0 Å². The first kappa shape index (κ1) is 14.1. The Kier molecular flexibility index (Phi) is 5.59. The number of likely N-dealkylation sites (N-methyl/N-ethyl adjacent to an activating group) is 1. The van der Waals surface area contributed by atoms with E-state index in [1.165, 1.54) is 0 Å². The SMILES string of the molecule is CCN(CC)CC(C)Nc1cccc(Cl)c1N. The largest absolute Gasteiger partial charge is 0.396 e. The first-order valence-corrected chi connectivity index (χ1v) is 6.49. The van der Waals surface area contributed by atoms with Crippen molar-refractivity contribution in [3.8, 4) is 0 Å². The number of hydrogen-bond acceptors (Lipinski definition) is 3. The van der Waals surface area contributed by atoms with Crippen molar-refractivity contribution in [1.29, 1.82) is 0 Å². The maximum absolute atomic E-state index is 5.98. The van der Waals surface area contributed by atoms with Crippen molar-refractivity contribution >= 4 is 23.0 Å². The van der Waals surface area contributed by atoms with Gasteiger partial charge in [0.05, 0.1) is 16.4 Å². The van der Waals surface area contributed by atoms with Gasteiger partial charge >= 0.3 is 0 Å². The van der Waals surface area contributed by atoms with Crippen molar-refractivity contribution in [1.82, 2.24) is 4.90 Å². The predicted molar refractivity (Wildman–Crippen MR) is 76.7 cm³/mol. The highest BCUT2D eigenvalue weighted by molar-refractivity contribution is 6.33. The Bertz CT molecular complexity index is 351. The Morgan fingerprint density at radius 3 is 2.59 bits per heavy atom. The lowest BCUT2D eigenvalue weighted by Crippen LogP contribution is -2.34. The highest BCUT2D eigenvalue weighted by atomic mass is 35.5. The molecule has 1 unspecified atom stereocenters. The number of para-hydroxylation sites is 1. The third kappa shape index (κ3) is 4.10. The van der Waals surface area contributed by atoms with Crippen LogP contribution in [0.25, 0.3) is 0 Å². The van der Waals surface area contributed by atoms with Crippen molar-refractivity contribution in [2.24, 2.45) is 0 Å². The van der Waals surface area contributed by atoms with E-state index in [9.17, 15) is 0 Å². The molecule has 0 fully saturated rings. The average molecular weight is 256 g/mol. The van der Waals surface area contributed by atoms with E-state index in [1.54, 1.807) is 6.07 Å². The summed E-state index contributed by atoms with van der Waals surface area (Å²) >= 11 is 5.98. The fourth-order valence-corrected chi connectivity index (χ4v) is 2.02. The summed E-state index contributed by atoms with van der Waals surface area (Å²) in [5.74, 6) is 0. The van der Waals surface area contributed by atoms with Gasteiger partial charge in [-0.25, -0.2) is 0 Å². The summed E-state index contributed by atoms with van der Waals surface area (Å²) < 4.78 is 0. The van der Waals surface area contributed by atoms with Crippen LogP contribution in [0.3, 0.4) is 0 Å². The van der Waals surface area contributed by atoms with E-state index >= 15 is 0 Å². The van der Waals surface area contributed by atoms with Gasteiger partial charge in [0.2, 0.25) is 0 Å². The van der Waals surface area contributed by atoms with Crippen LogP contribution in [0.15, 0.2) is 18.2 Å². The summed E-state index contributed by atoms with van der Waals surface area (Å²) in [4.78, 5) is 2.37. The fraction of sp³-hybridized carbons (Fsp3) is 0.538. The normalized spacial score (nSPS) is 12.8. The zero-order valence-electron chi connectivity index (χ0n) is 10.8. The maximum atomic E-state index is 5.98. The van der Waals surface area contributed by atoms with E-state index in [0.29, 0.717) is 16.8 Å². The zero-order valence-corrected chi connectivity index (χ0v) is 11.6. The number of rotatable bonds is 6. The van der Waals surface area contributed by atoms with E-state index in [2.05, 4.69) is 31.0 Å². The van der Waals surface area contributed by atoms with E-state index in [4.69, 9.17) is 17.3 Å². The van der Waals surface area contributed by atoms with Gasteiger partial charge in [0.1, 0.15) is 0 Å². The van der Waals surface area contributed by atoms with Gasteiger partial charge in [0, 0.05) is 12.6 Å². The molecule has 3 N–H and O–H groups in total. The number of anilines is 2. The Morgan fingerprint density at radius 2 is 2.00 bits per heavy atom. The van der Waals surface area contributed by atoms with Crippen LogP contribution >= 0.6 is 11.6 Å². The van der Waals surface area contributed by atoms with E-state index in [-0.39, 0.29) is 0 Å². The lowest BCUT2D eigenvalue weighted by atomic mass is 10.2. The number of hydrogen-bond donors (Lipinski definition) is 2. The summed E-state index contributed by atoms with van der Waals surface area (Å²) in [6.07, 6.45) is 0. The lowest BCUT2D eigenvalue weighted by Gasteiger charge is -2.24. The predicted octanol–water partition coefficient (Wildman–Crippen LogP) is 3.06. The van der Waals surface area contributed by atoms with E-state index in [1.807, 2.05) is 12.1 Å². The van der Waals surface area contributed by atoms with Gasteiger partial charge in [-0.2, -0.15) is 0 Å². The van der Waals surface area contributed by atoms with Crippen LogP contribution in [0.4, 0.5) is 11.4 Å². The molecule has 0 aliphatic carbocycles. The Labute approximate surface area is 109 Å². The van der Waals surface area contributed by atoms with Crippen LogP contribution < -0.4 is 11.1 Å². The molecule has 0 saturated heterocycles. The monoisotopic (exact) mass is 255 g/mol. The summed E-state index contributed by atoms with van der Waals surface area (Å²) in [6.45, 7) is 9.62. The van der Waals surface area contributed by atoms with Crippen LogP contribution in [0, 0.1) is 0 Å². The molecule has 17 heavy (non-hydrogen) atoms. The van der Waals surface area contributed by atoms with Crippen molar-refractivity contribution in [2.75, 3.05) is 30.7 Å². The zero-order chi connectivity index (χ0) is 12.8. The van der Waals surface area contributed by atoms with Gasteiger partial charge in [0.15, 0.2) is 0 Å². The summed E-state index contributed by atoms with van der Waals surface area (Å²) in [5, 5.41) is 4.00. The van der Waals surface area contributed by atoms with Gasteiger partial charge in [-0.3, -0.25) is 0 Å². The minimum atomic E-state index is 0.343. The van der Waals surface area contributed by atoms with E-state index in [0.717, 1.165) is 25.3 Å². The number of nitrogens with zero attached hydrogens (tertiary/aromatic N) is 1. The molecular weight excluding hydrogens is 234 g/mol. The number of nitrogen functional groups attached to an aromatic ring is 1. The average Bonchev–Trinajstić information content (AvgIpc) is 2.32. The van der Waals surface area contributed by atoms with Crippen LogP contribution in [0.2, 0.25) is 5.02 Å². The molecule has 1 atom stereocenters. The topological polar surface area (TPSA) is 41.3 Å². The van der Waals surface area contributed by atoms with Crippen molar-refractivity contribution in [3.05, 3.63) is 23.2 Å². The molecule has 1 rings (SSSR count). The molecule has 4 heteroatoms. The van der Waals surface area contributed by atoms with Gasteiger partial charge in [-0.05, 0) is 32.1 Å².